The number of fused-ring (bicyclic) bond motifs is 2. The molecule has 8 heteroatoms. The number of allylic oxidation sites excluding steroid dienone is 1. The predicted octanol–water partition coefficient (Wildman–Crippen LogP) is 3.70. The van der Waals surface area contributed by atoms with Crippen molar-refractivity contribution in [2.45, 2.75) is 19.8 Å². The molecule has 3 aromatic rings. The molecule has 0 saturated carbocycles. The van der Waals surface area contributed by atoms with Crippen LogP contribution in [0, 0.1) is 25.2 Å². The van der Waals surface area contributed by atoms with Crippen molar-refractivity contribution in [3.8, 4) is 34.7 Å². The lowest BCUT2D eigenvalue weighted by Gasteiger charge is -2.24. The summed E-state index contributed by atoms with van der Waals surface area (Å²) in [5.41, 5.74) is 9.94. The van der Waals surface area contributed by atoms with E-state index >= 15 is 0 Å². The summed E-state index contributed by atoms with van der Waals surface area (Å²) in [5.74, 6) is 1.36. The molecule has 0 aliphatic carbocycles. The van der Waals surface area contributed by atoms with Crippen LogP contribution in [0.2, 0.25) is 0 Å². The zero-order valence-electron chi connectivity index (χ0n) is 15.2. The van der Waals surface area contributed by atoms with Crippen molar-refractivity contribution >= 4 is 11.3 Å². The zero-order chi connectivity index (χ0) is 19.4. The van der Waals surface area contributed by atoms with Gasteiger partial charge in [-0.3, -0.25) is 5.10 Å². The Balaban J connectivity index is 1.74. The summed E-state index contributed by atoms with van der Waals surface area (Å²) in [6, 6.07) is 9.97. The number of ether oxygens (including phenoxy) is 3. The highest BCUT2D eigenvalue weighted by molar-refractivity contribution is 7.12. The Kier molecular flexibility index (Phi) is 3.60. The van der Waals surface area contributed by atoms with E-state index in [9.17, 15) is 5.26 Å². The lowest BCUT2D eigenvalue weighted by Crippen LogP contribution is -2.21. The molecule has 7 nitrogen and oxygen atoms in total. The van der Waals surface area contributed by atoms with Gasteiger partial charge in [0.2, 0.25) is 18.6 Å². The Morgan fingerprint density at radius 3 is 2.82 bits per heavy atom. The third-order valence-electron chi connectivity index (χ3n) is 4.98. The molecule has 2 aromatic heterocycles. The highest BCUT2D eigenvalue weighted by Gasteiger charge is 2.36. The van der Waals surface area contributed by atoms with E-state index in [-0.39, 0.29) is 12.7 Å². The largest absolute Gasteiger partial charge is 0.454 e. The second-order valence-electron chi connectivity index (χ2n) is 6.68. The van der Waals surface area contributed by atoms with Crippen molar-refractivity contribution in [3.05, 3.63) is 56.6 Å². The van der Waals surface area contributed by atoms with Gasteiger partial charge in [0.05, 0.1) is 17.2 Å². The van der Waals surface area contributed by atoms with Crippen molar-refractivity contribution in [3.63, 3.8) is 0 Å². The van der Waals surface area contributed by atoms with E-state index in [1.54, 1.807) is 11.3 Å². The standard InChI is InChI=1S/C20H16N4O3S/c1-9-5-12(10(2)28-9)18-17-16(11-3-4-14-15(6-11)26-8-25-14)13(7-21)19(22)27-20(17)24-23-18/h3-6,16H,8,22H2,1-2H3,(H,23,24)/t16-/m0/s1. The summed E-state index contributed by atoms with van der Waals surface area (Å²) < 4.78 is 16.6. The lowest BCUT2D eigenvalue weighted by atomic mass is 9.83. The fourth-order valence-corrected chi connectivity index (χ4v) is 4.69. The first-order valence-electron chi connectivity index (χ1n) is 8.69. The second-order valence-corrected chi connectivity index (χ2v) is 8.14. The molecule has 0 bridgehead atoms. The smallest absolute Gasteiger partial charge is 0.244 e. The third kappa shape index (κ3) is 2.37. The molecule has 1 aromatic carbocycles. The van der Waals surface area contributed by atoms with Gasteiger partial charge < -0.3 is 19.9 Å². The minimum absolute atomic E-state index is 0.0638. The normalized spacial score (nSPS) is 17.2. The maximum Gasteiger partial charge on any atom is 0.244 e. The number of benzene rings is 1. The van der Waals surface area contributed by atoms with Crippen LogP contribution in [-0.4, -0.2) is 17.0 Å². The van der Waals surface area contributed by atoms with E-state index in [4.69, 9.17) is 19.9 Å². The Labute approximate surface area is 165 Å². The Morgan fingerprint density at radius 2 is 2.07 bits per heavy atom. The third-order valence-corrected chi connectivity index (χ3v) is 5.95. The summed E-state index contributed by atoms with van der Waals surface area (Å²) in [7, 11) is 0. The van der Waals surface area contributed by atoms with E-state index < -0.39 is 5.92 Å². The highest BCUT2D eigenvalue weighted by Crippen LogP contribution is 2.48. The number of aromatic nitrogens is 2. The van der Waals surface area contributed by atoms with Gasteiger partial charge in [-0.1, -0.05) is 6.07 Å². The molecule has 0 spiro atoms. The van der Waals surface area contributed by atoms with Crippen LogP contribution in [0.5, 0.6) is 17.4 Å². The van der Waals surface area contributed by atoms with E-state index in [0.29, 0.717) is 23.0 Å². The fraction of sp³-hybridized carbons (Fsp3) is 0.200. The maximum atomic E-state index is 9.82. The molecule has 0 amide bonds. The molecule has 1 atom stereocenters. The van der Waals surface area contributed by atoms with Gasteiger partial charge in [0.1, 0.15) is 11.6 Å². The summed E-state index contributed by atoms with van der Waals surface area (Å²) in [5, 5.41) is 17.2. The summed E-state index contributed by atoms with van der Waals surface area (Å²) in [4.78, 5) is 2.36. The fourth-order valence-electron chi connectivity index (χ4n) is 3.76. The molecule has 0 radical (unpaired) electrons. The number of nitriles is 1. The number of H-pyrrole nitrogens is 1. The van der Waals surface area contributed by atoms with Crippen molar-refractivity contribution in [2.24, 2.45) is 5.73 Å². The molecule has 28 heavy (non-hydrogen) atoms. The molecule has 0 unspecified atom stereocenters. The number of thiophene rings is 1. The van der Waals surface area contributed by atoms with E-state index in [1.807, 2.05) is 18.2 Å². The van der Waals surface area contributed by atoms with E-state index in [1.165, 1.54) is 4.88 Å². The molecular formula is C20H16N4O3S. The zero-order valence-corrected chi connectivity index (χ0v) is 16.0. The maximum absolute atomic E-state index is 9.82. The van der Waals surface area contributed by atoms with Crippen LogP contribution in [0.25, 0.3) is 11.3 Å². The second kappa shape index (κ2) is 6.04. The monoisotopic (exact) mass is 392 g/mol. The predicted molar refractivity (Wildman–Crippen MR) is 103 cm³/mol. The number of nitrogens with zero attached hydrogens (tertiary/aromatic N) is 2. The molecule has 4 heterocycles. The lowest BCUT2D eigenvalue weighted by molar-refractivity contribution is 0.174. The quantitative estimate of drug-likeness (QED) is 0.689. The van der Waals surface area contributed by atoms with Gasteiger partial charge in [0.25, 0.3) is 0 Å². The van der Waals surface area contributed by atoms with Crippen LogP contribution < -0.4 is 19.9 Å². The average Bonchev–Trinajstić information content (AvgIpc) is 3.37. The molecule has 5 rings (SSSR count). The summed E-state index contributed by atoms with van der Waals surface area (Å²) in [6.07, 6.45) is 0. The highest BCUT2D eigenvalue weighted by atomic mass is 32.1. The minimum Gasteiger partial charge on any atom is -0.454 e. The van der Waals surface area contributed by atoms with Gasteiger partial charge >= 0.3 is 0 Å². The van der Waals surface area contributed by atoms with Crippen molar-refractivity contribution < 1.29 is 14.2 Å². The molecule has 2 aliphatic heterocycles. The van der Waals surface area contributed by atoms with Crippen LogP contribution >= 0.6 is 11.3 Å². The molecule has 140 valence electrons. The first kappa shape index (κ1) is 16.7. The average molecular weight is 392 g/mol. The van der Waals surface area contributed by atoms with Gasteiger partial charge in [0.15, 0.2) is 11.5 Å². The number of hydrogen-bond acceptors (Lipinski definition) is 7. The van der Waals surface area contributed by atoms with Gasteiger partial charge in [-0.15, -0.1) is 16.4 Å². The molecule has 0 saturated heterocycles. The number of aryl methyl sites for hydroxylation is 2. The van der Waals surface area contributed by atoms with Crippen LogP contribution in [0.4, 0.5) is 0 Å². The Hall–Kier alpha value is -3.44. The van der Waals surface area contributed by atoms with Gasteiger partial charge in [-0.2, -0.15) is 5.26 Å². The SMILES string of the molecule is Cc1cc(-c2[nH]nc3c2[C@@H](c2ccc4c(c2)OCO4)C(C#N)=C(N)O3)c(C)s1. The number of nitrogens with one attached hydrogen (secondary N) is 1. The molecular weight excluding hydrogens is 376 g/mol. The van der Waals surface area contributed by atoms with Crippen LogP contribution in [0.15, 0.2) is 35.7 Å². The number of aromatic amines is 1. The first-order chi connectivity index (χ1) is 13.6. The number of nitrogens with two attached hydrogens (primary N) is 1. The number of hydrogen-bond donors (Lipinski definition) is 2. The van der Waals surface area contributed by atoms with Gasteiger partial charge in [-0.05, 0) is 37.6 Å². The van der Waals surface area contributed by atoms with Gasteiger partial charge in [-0.25, -0.2) is 0 Å². The van der Waals surface area contributed by atoms with Crippen LogP contribution in [-0.2, 0) is 0 Å². The van der Waals surface area contributed by atoms with Crippen molar-refractivity contribution in [2.75, 3.05) is 6.79 Å². The Bertz CT molecular complexity index is 1180. The van der Waals surface area contributed by atoms with E-state index in [0.717, 1.165) is 27.3 Å². The number of rotatable bonds is 2. The van der Waals surface area contributed by atoms with Crippen molar-refractivity contribution in [1.82, 2.24) is 10.2 Å². The summed E-state index contributed by atoms with van der Waals surface area (Å²) in [6.45, 7) is 4.31. The molecule has 0 fully saturated rings. The first-order valence-corrected chi connectivity index (χ1v) is 9.51. The topological polar surface area (TPSA) is 106 Å². The van der Waals surface area contributed by atoms with Crippen LogP contribution in [0.1, 0.15) is 26.8 Å². The van der Waals surface area contributed by atoms with E-state index in [2.05, 4.69) is 36.2 Å². The van der Waals surface area contributed by atoms with Crippen molar-refractivity contribution in [1.29, 1.82) is 5.26 Å². The molecule has 3 N–H and O–H groups in total. The van der Waals surface area contributed by atoms with Crippen LogP contribution in [0.3, 0.4) is 0 Å². The molecule has 2 aliphatic rings. The minimum atomic E-state index is -0.420. The summed E-state index contributed by atoms with van der Waals surface area (Å²) >= 11 is 1.71. The Morgan fingerprint density at radius 1 is 1.25 bits per heavy atom. The van der Waals surface area contributed by atoms with Gasteiger partial charge in [0, 0.05) is 15.3 Å².